The molecule has 1 saturated heterocycles. The zero-order chi connectivity index (χ0) is 13.5. The molecule has 0 aromatic carbocycles. The number of anilines is 1. The second kappa shape index (κ2) is 4.75. The Labute approximate surface area is 115 Å². The first-order chi connectivity index (χ1) is 9.05. The smallest absolute Gasteiger partial charge is 0.134 e. The summed E-state index contributed by atoms with van der Waals surface area (Å²) >= 11 is 0. The molecule has 1 N–H and O–H groups in total. The molecule has 1 aliphatic heterocycles. The molecule has 0 radical (unpaired) electrons. The van der Waals surface area contributed by atoms with E-state index >= 15 is 0 Å². The average Bonchev–Trinajstić information content (AvgIpc) is 3.22. The molecule has 1 aromatic heterocycles. The lowest BCUT2D eigenvalue weighted by molar-refractivity contribution is 0.538. The second-order valence-corrected chi connectivity index (χ2v) is 6.73. The van der Waals surface area contributed by atoms with Crippen molar-refractivity contribution in [1.82, 2.24) is 15.3 Å². The van der Waals surface area contributed by atoms with Gasteiger partial charge in [-0.15, -0.1) is 0 Å². The lowest BCUT2D eigenvalue weighted by Crippen LogP contribution is -2.44. The highest BCUT2D eigenvalue weighted by Crippen LogP contribution is 2.43. The Balaban J connectivity index is 1.94. The van der Waals surface area contributed by atoms with Gasteiger partial charge in [-0.25, -0.2) is 9.97 Å². The Morgan fingerprint density at radius 1 is 1.21 bits per heavy atom. The average molecular weight is 260 g/mol. The van der Waals surface area contributed by atoms with E-state index in [-0.39, 0.29) is 5.41 Å². The first kappa shape index (κ1) is 12.9. The summed E-state index contributed by atoms with van der Waals surface area (Å²) in [4.78, 5) is 12.0. The molecule has 1 aliphatic carbocycles. The molecule has 19 heavy (non-hydrogen) atoms. The van der Waals surface area contributed by atoms with Gasteiger partial charge in [0.2, 0.25) is 0 Å². The maximum absolute atomic E-state index is 4.91. The highest BCUT2D eigenvalue weighted by Gasteiger charge is 2.31. The quantitative estimate of drug-likeness (QED) is 0.883. The van der Waals surface area contributed by atoms with Crippen LogP contribution in [0.2, 0.25) is 0 Å². The molecule has 1 saturated carbocycles. The van der Waals surface area contributed by atoms with Crippen molar-refractivity contribution in [2.24, 2.45) is 0 Å². The van der Waals surface area contributed by atoms with Gasteiger partial charge in [0.05, 0.1) is 17.6 Å². The normalized spacial score (nSPS) is 20.7. The lowest BCUT2D eigenvalue weighted by atomic mass is 9.95. The summed E-state index contributed by atoms with van der Waals surface area (Å²) in [5, 5.41) is 3.40. The zero-order valence-electron chi connectivity index (χ0n) is 12.2. The van der Waals surface area contributed by atoms with Gasteiger partial charge < -0.3 is 10.2 Å². The van der Waals surface area contributed by atoms with Crippen LogP contribution in [0.15, 0.2) is 6.20 Å². The molecule has 0 unspecified atom stereocenters. The van der Waals surface area contributed by atoms with Gasteiger partial charge in [-0.05, 0) is 12.8 Å². The minimum Gasteiger partial charge on any atom is -0.366 e. The fourth-order valence-corrected chi connectivity index (χ4v) is 2.56. The SMILES string of the molecule is CC(C)(C)c1ncc(N2CCNCC2)c(C2CC2)n1. The van der Waals surface area contributed by atoms with Gasteiger partial charge in [0, 0.05) is 37.5 Å². The maximum atomic E-state index is 4.91. The van der Waals surface area contributed by atoms with Crippen LogP contribution in [-0.2, 0) is 5.41 Å². The van der Waals surface area contributed by atoms with E-state index in [4.69, 9.17) is 4.98 Å². The van der Waals surface area contributed by atoms with Gasteiger partial charge in [0.25, 0.3) is 0 Å². The first-order valence-corrected chi connectivity index (χ1v) is 7.39. The number of rotatable bonds is 2. The van der Waals surface area contributed by atoms with Crippen molar-refractivity contribution in [2.75, 3.05) is 31.1 Å². The number of piperazine rings is 1. The van der Waals surface area contributed by atoms with Crippen LogP contribution in [-0.4, -0.2) is 36.1 Å². The molecule has 2 aliphatic rings. The van der Waals surface area contributed by atoms with E-state index in [2.05, 4.69) is 42.2 Å². The summed E-state index contributed by atoms with van der Waals surface area (Å²) in [6, 6.07) is 0. The molecule has 104 valence electrons. The van der Waals surface area contributed by atoms with Gasteiger partial charge in [-0.1, -0.05) is 20.8 Å². The highest BCUT2D eigenvalue weighted by atomic mass is 15.2. The molecule has 0 spiro atoms. The molecular weight excluding hydrogens is 236 g/mol. The number of nitrogens with one attached hydrogen (secondary N) is 1. The van der Waals surface area contributed by atoms with Crippen LogP contribution in [0.5, 0.6) is 0 Å². The summed E-state index contributed by atoms with van der Waals surface area (Å²) in [6.45, 7) is 10.8. The third-order valence-corrected chi connectivity index (χ3v) is 3.89. The standard InChI is InChI=1S/C15H24N4/c1-15(2,3)14-17-10-12(13(18-14)11-4-5-11)19-8-6-16-7-9-19/h10-11,16H,4-9H2,1-3H3. The Morgan fingerprint density at radius 3 is 2.47 bits per heavy atom. The van der Waals surface area contributed by atoms with Crippen LogP contribution in [0.1, 0.15) is 51.0 Å². The predicted octanol–water partition coefficient (Wildman–Crippen LogP) is 2.06. The van der Waals surface area contributed by atoms with E-state index in [0.717, 1.165) is 32.0 Å². The Hall–Kier alpha value is -1.16. The number of hydrogen-bond donors (Lipinski definition) is 1. The van der Waals surface area contributed by atoms with Crippen molar-refractivity contribution in [1.29, 1.82) is 0 Å². The van der Waals surface area contributed by atoms with Crippen LogP contribution in [0, 0.1) is 0 Å². The highest BCUT2D eigenvalue weighted by molar-refractivity contribution is 5.52. The summed E-state index contributed by atoms with van der Waals surface area (Å²) in [5.41, 5.74) is 2.60. The van der Waals surface area contributed by atoms with Crippen LogP contribution < -0.4 is 10.2 Å². The molecule has 4 nitrogen and oxygen atoms in total. The van der Waals surface area contributed by atoms with Crippen molar-refractivity contribution in [2.45, 2.75) is 44.9 Å². The molecule has 0 amide bonds. The van der Waals surface area contributed by atoms with Gasteiger partial charge >= 0.3 is 0 Å². The Bertz CT molecular complexity index is 454. The van der Waals surface area contributed by atoms with Gasteiger partial charge in [0.15, 0.2) is 0 Å². The Morgan fingerprint density at radius 2 is 1.89 bits per heavy atom. The van der Waals surface area contributed by atoms with E-state index in [1.165, 1.54) is 24.2 Å². The van der Waals surface area contributed by atoms with E-state index in [1.54, 1.807) is 0 Å². The monoisotopic (exact) mass is 260 g/mol. The van der Waals surface area contributed by atoms with Crippen molar-refractivity contribution >= 4 is 5.69 Å². The van der Waals surface area contributed by atoms with Crippen LogP contribution in [0.3, 0.4) is 0 Å². The molecule has 4 heteroatoms. The number of nitrogens with zero attached hydrogens (tertiary/aromatic N) is 3. The van der Waals surface area contributed by atoms with E-state index in [1.807, 2.05) is 0 Å². The minimum absolute atomic E-state index is 0.0334. The molecule has 3 rings (SSSR count). The van der Waals surface area contributed by atoms with Crippen LogP contribution in [0.25, 0.3) is 0 Å². The van der Waals surface area contributed by atoms with E-state index in [0.29, 0.717) is 5.92 Å². The van der Waals surface area contributed by atoms with Gasteiger partial charge in [-0.2, -0.15) is 0 Å². The summed E-state index contributed by atoms with van der Waals surface area (Å²) in [5.74, 6) is 1.65. The molecule has 1 aromatic rings. The van der Waals surface area contributed by atoms with Gasteiger partial charge in [-0.3, -0.25) is 0 Å². The second-order valence-electron chi connectivity index (χ2n) is 6.73. The molecule has 0 bridgehead atoms. The predicted molar refractivity (Wildman–Crippen MR) is 77.8 cm³/mol. The summed E-state index contributed by atoms with van der Waals surface area (Å²) < 4.78 is 0. The third kappa shape index (κ3) is 2.73. The van der Waals surface area contributed by atoms with Crippen molar-refractivity contribution in [3.05, 3.63) is 17.7 Å². The zero-order valence-corrected chi connectivity index (χ0v) is 12.2. The lowest BCUT2D eigenvalue weighted by Gasteiger charge is -2.31. The van der Waals surface area contributed by atoms with E-state index < -0.39 is 0 Å². The summed E-state index contributed by atoms with van der Waals surface area (Å²) in [6.07, 6.45) is 4.64. The fraction of sp³-hybridized carbons (Fsp3) is 0.733. The number of aromatic nitrogens is 2. The molecular formula is C15H24N4. The summed E-state index contributed by atoms with van der Waals surface area (Å²) in [7, 11) is 0. The van der Waals surface area contributed by atoms with Crippen molar-refractivity contribution in [3.8, 4) is 0 Å². The molecule has 2 fully saturated rings. The van der Waals surface area contributed by atoms with Crippen LogP contribution >= 0.6 is 0 Å². The van der Waals surface area contributed by atoms with E-state index in [9.17, 15) is 0 Å². The minimum atomic E-state index is 0.0334. The largest absolute Gasteiger partial charge is 0.366 e. The Kier molecular flexibility index (Phi) is 3.21. The third-order valence-electron chi connectivity index (χ3n) is 3.89. The molecule has 0 atom stereocenters. The van der Waals surface area contributed by atoms with Gasteiger partial charge in [0.1, 0.15) is 5.82 Å². The maximum Gasteiger partial charge on any atom is 0.134 e. The first-order valence-electron chi connectivity index (χ1n) is 7.39. The van der Waals surface area contributed by atoms with Crippen molar-refractivity contribution < 1.29 is 0 Å². The fourth-order valence-electron chi connectivity index (χ4n) is 2.56. The van der Waals surface area contributed by atoms with Crippen LogP contribution in [0.4, 0.5) is 5.69 Å². The molecule has 2 heterocycles. The van der Waals surface area contributed by atoms with Crippen molar-refractivity contribution in [3.63, 3.8) is 0 Å². The number of hydrogen-bond acceptors (Lipinski definition) is 4. The topological polar surface area (TPSA) is 41.1 Å².